The molecule has 0 saturated carbocycles. The largest absolute Gasteiger partial charge is 0.497 e. The molecule has 1 aromatic carbocycles. The fraction of sp³-hybridized carbons (Fsp3) is 0.143. The Morgan fingerprint density at radius 1 is 1.37 bits per heavy atom. The normalized spacial score (nSPS) is 10.6. The third-order valence-corrected chi connectivity index (χ3v) is 2.68. The van der Waals surface area contributed by atoms with Gasteiger partial charge in [0.05, 0.1) is 19.0 Å². The monoisotopic (exact) mass is 257 g/mol. The van der Waals surface area contributed by atoms with Crippen LogP contribution in [0.4, 0.5) is 0 Å². The summed E-state index contributed by atoms with van der Waals surface area (Å²) in [5.74, 6) is 0.364. The number of carbonyl (C=O) groups is 1. The van der Waals surface area contributed by atoms with Crippen molar-refractivity contribution in [3.05, 3.63) is 53.9 Å². The fourth-order valence-electron chi connectivity index (χ4n) is 1.59. The Morgan fingerprint density at radius 3 is 2.89 bits per heavy atom. The highest BCUT2D eigenvalue weighted by Gasteiger charge is 2.04. The highest BCUT2D eigenvalue weighted by molar-refractivity contribution is 5.95. The standard InChI is InChI=1S/C14H15N3O2/c1-17-8-4-6-12(17)10-15-16-14(18)11-5-3-7-13(9-11)19-2/h3-10H,1-2H3,(H,16,18)/b15-10-. The maximum atomic E-state index is 11.8. The van der Waals surface area contributed by atoms with Gasteiger partial charge in [0.1, 0.15) is 5.75 Å². The lowest BCUT2D eigenvalue weighted by Crippen LogP contribution is -2.17. The number of hydrazone groups is 1. The van der Waals surface area contributed by atoms with Crippen molar-refractivity contribution >= 4 is 12.1 Å². The number of benzene rings is 1. The first-order valence-electron chi connectivity index (χ1n) is 5.79. The molecular formula is C14H15N3O2. The van der Waals surface area contributed by atoms with Gasteiger partial charge in [-0.1, -0.05) is 6.07 Å². The molecule has 5 nitrogen and oxygen atoms in total. The summed E-state index contributed by atoms with van der Waals surface area (Å²) in [6.45, 7) is 0. The summed E-state index contributed by atoms with van der Waals surface area (Å²) in [6, 6.07) is 10.7. The number of aryl methyl sites for hydroxylation is 1. The highest BCUT2D eigenvalue weighted by atomic mass is 16.5. The number of hydrogen-bond acceptors (Lipinski definition) is 3. The molecule has 1 amide bonds. The first-order valence-corrected chi connectivity index (χ1v) is 5.79. The van der Waals surface area contributed by atoms with Crippen molar-refractivity contribution in [2.24, 2.45) is 12.1 Å². The molecule has 2 rings (SSSR count). The molecule has 0 aliphatic carbocycles. The van der Waals surface area contributed by atoms with Crippen LogP contribution >= 0.6 is 0 Å². The number of methoxy groups -OCH3 is 1. The van der Waals surface area contributed by atoms with Crippen LogP contribution in [0.1, 0.15) is 16.1 Å². The second-order valence-electron chi connectivity index (χ2n) is 3.98. The van der Waals surface area contributed by atoms with Gasteiger partial charge in [-0.25, -0.2) is 5.43 Å². The van der Waals surface area contributed by atoms with E-state index in [0.717, 1.165) is 5.69 Å². The van der Waals surface area contributed by atoms with Gasteiger partial charge in [-0.15, -0.1) is 0 Å². The van der Waals surface area contributed by atoms with Crippen LogP contribution in [0.5, 0.6) is 5.75 Å². The average molecular weight is 257 g/mol. The summed E-state index contributed by atoms with van der Waals surface area (Å²) in [4.78, 5) is 11.8. The Hall–Kier alpha value is -2.56. The second-order valence-corrected chi connectivity index (χ2v) is 3.98. The minimum Gasteiger partial charge on any atom is -0.497 e. The number of nitrogens with zero attached hydrogens (tertiary/aromatic N) is 2. The second kappa shape index (κ2) is 5.86. The lowest BCUT2D eigenvalue weighted by atomic mass is 10.2. The zero-order chi connectivity index (χ0) is 13.7. The SMILES string of the molecule is COc1cccc(C(=O)N/N=C\c2cccn2C)c1. The first kappa shape index (κ1) is 12.9. The number of hydrogen-bond donors (Lipinski definition) is 1. The van der Waals surface area contributed by atoms with Crippen LogP contribution in [-0.4, -0.2) is 23.8 Å². The molecular weight excluding hydrogens is 242 g/mol. The molecule has 0 radical (unpaired) electrons. The number of rotatable bonds is 4. The lowest BCUT2D eigenvalue weighted by molar-refractivity contribution is 0.0955. The number of carbonyl (C=O) groups excluding carboxylic acids is 1. The van der Waals surface area contributed by atoms with E-state index in [4.69, 9.17) is 4.74 Å². The molecule has 0 bridgehead atoms. The lowest BCUT2D eigenvalue weighted by Gasteiger charge is -2.03. The van der Waals surface area contributed by atoms with Gasteiger partial charge < -0.3 is 9.30 Å². The molecule has 0 atom stereocenters. The van der Waals surface area contributed by atoms with Crippen LogP contribution in [0.15, 0.2) is 47.7 Å². The number of aromatic nitrogens is 1. The molecule has 1 heterocycles. The zero-order valence-corrected chi connectivity index (χ0v) is 10.8. The first-order chi connectivity index (χ1) is 9.20. The van der Waals surface area contributed by atoms with Gasteiger partial charge in [-0.05, 0) is 30.3 Å². The molecule has 0 aliphatic heterocycles. The molecule has 0 aliphatic rings. The molecule has 0 saturated heterocycles. The molecule has 1 N–H and O–H groups in total. The predicted octanol–water partition coefficient (Wildman–Crippen LogP) is 1.80. The Morgan fingerprint density at radius 2 is 2.21 bits per heavy atom. The smallest absolute Gasteiger partial charge is 0.271 e. The van der Waals surface area contributed by atoms with Gasteiger partial charge in [0.2, 0.25) is 0 Å². The summed E-state index contributed by atoms with van der Waals surface area (Å²) in [6.07, 6.45) is 3.50. The van der Waals surface area contributed by atoms with Crippen LogP contribution in [0.2, 0.25) is 0 Å². The summed E-state index contributed by atoms with van der Waals surface area (Å²) in [5, 5.41) is 3.92. The van der Waals surface area contributed by atoms with Crippen molar-refractivity contribution < 1.29 is 9.53 Å². The predicted molar refractivity (Wildman–Crippen MR) is 73.5 cm³/mol. The minimum atomic E-state index is -0.274. The van der Waals surface area contributed by atoms with E-state index in [1.807, 2.05) is 29.9 Å². The van der Waals surface area contributed by atoms with Crippen molar-refractivity contribution in [2.45, 2.75) is 0 Å². The molecule has 98 valence electrons. The topological polar surface area (TPSA) is 55.6 Å². The van der Waals surface area contributed by atoms with Gasteiger partial charge in [-0.2, -0.15) is 5.10 Å². The molecule has 19 heavy (non-hydrogen) atoms. The maximum Gasteiger partial charge on any atom is 0.271 e. The van der Waals surface area contributed by atoms with Crippen LogP contribution in [0, 0.1) is 0 Å². The minimum absolute atomic E-state index is 0.274. The summed E-state index contributed by atoms with van der Waals surface area (Å²) >= 11 is 0. The number of ether oxygens (including phenoxy) is 1. The number of nitrogens with one attached hydrogen (secondary N) is 1. The van der Waals surface area contributed by atoms with E-state index in [-0.39, 0.29) is 5.91 Å². The zero-order valence-electron chi connectivity index (χ0n) is 10.8. The van der Waals surface area contributed by atoms with E-state index < -0.39 is 0 Å². The van der Waals surface area contributed by atoms with Crippen molar-refractivity contribution in [3.63, 3.8) is 0 Å². The van der Waals surface area contributed by atoms with E-state index in [1.165, 1.54) is 0 Å². The van der Waals surface area contributed by atoms with Gasteiger partial charge in [0.15, 0.2) is 0 Å². The van der Waals surface area contributed by atoms with Crippen molar-refractivity contribution in [3.8, 4) is 5.75 Å². The summed E-state index contributed by atoms with van der Waals surface area (Å²) in [7, 11) is 3.47. The Kier molecular flexibility index (Phi) is 3.97. The van der Waals surface area contributed by atoms with Crippen LogP contribution in [-0.2, 0) is 7.05 Å². The molecule has 0 fully saturated rings. The third kappa shape index (κ3) is 3.22. The van der Waals surface area contributed by atoms with E-state index in [0.29, 0.717) is 11.3 Å². The quantitative estimate of drug-likeness (QED) is 0.670. The van der Waals surface area contributed by atoms with Crippen LogP contribution in [0.3, 0.4) is 0 Å². The van der Waals surface area contributed by atoms with Crippen LogP contribution in [0.25, 0.3) is 0 Å². The third-order valence-electron chi connectivity index (χ3n) is 2.68. The van der Waals surface area contributed by atoms with E-state index >= 15 is 0 Å². The molecule has 1 aromatic heterocycles. The summed E-state index contributed by atoms with van der Waals surface area (Å²) in [5.41, 5.74) is 3.89. The van der Waals surface area contributed by atoms with Gasteiger partial charge in [0.25, 0.3) is 5.91 Å². The Balaban J connectivity index is 2.01. The average Bonchev–Trinajstić information content (AvgIpc) is 2.84. The number of amides is 1. The highest BCUT2D eigenvalue weighted by Crippen LogP contribution is 2.12. The Labute approximate surface area is 111 Å². The van der Waals surface area contributed by atoms with Crippen molar-refractivity contribution in [1.29, 1.82) is 0 Å². The van der Waals surface area contributed by atoms with Crippen LogP contribution < -0.4 is 10.2 Å². The molecule has 0 spiro atoms. The fourth-order valence-corrected chi connectivity index (χ4v) is 1.59. The van der Waals surface area contributed by atoms with Gasteiger partial charge >= 0.3 is 0 Å². The van der Waals surface area contributed by atoms with Crippen molar-refractivity contribution in [1.82, 2.24) is 9.99 Å². The van der Waals surface area contributed by atoms with Gasteiger partial charge in [-0.3, -0.25) is 4.79 Å². The van der Waals surface area contributed by atoms with Gasteiger partial charge in [0, 0.05) is 18.8 Å². The maximum absolute atomic E-state index is 11.8. The molecule has 2 aromatic rings. The van der Waals surface area contributed by atoms with E-state index in [1.54, 1.807) is 37.6 Å². The van der Waals surface area contributed by atoms with E-state index in [2.05, 4.69) is 10.5 Å². The van der Waals surface area contributed by atoms with Crippen molar-refractivity contribution in [2.75, 3.05) is 7.11 Å². The molecule has 5 heteroatoms. The molecule has 0 unspecified atom stereocenters. The Bertz CT molecular complexity index is 602. The van der Waals surface area contributed by atoms with E-state index in [9.17, 15) is 4.79 Å². The summed E-state index contributed by atoms with van der Waals surface area (Å²) < 4.78 is 6.97.